The SMILES string of the molecule is CCc1nn2c(-c3ccc(OCc4ccc(Cl)cc4)cc3)ccnc2c1-c1ccccc1. The predicted molar refractivity (Wildman–Crippen MR) is 129 cm³/mol. The van der Waals surface area contributed by atoms with Crippen molar-refractivity contribution in [2.75, 3.05) is 0 Å². The molecule has 32 heavy (non-hydrogen) atoms. The van der Waals surface area contributed by atoms with Crippen molar-refractivity contribution in [3.8, 4) is 28.1 Å². The van der Waals surface area contributed by atoms with Crippen LogP contribution >= 0.6 is 11.6 Å². The molecule has 0 saturated carbocycles. The van der Waals surface area contributed by atoms with Gasteiger partial charge in [0, 0.05) is 22.3 Å². The van der Waals surface area contributed by atoms with Crippen molar-refractivity contribution in [2.45, 2.75) is 20.0 Å². The Hall–Kier alpha value is -3.63. The summed E-state index contributed by atoms with van der Waals surface area (Å²) in [7, 11) is 0. The van der Waals surface area contributed by atoms with E-state index in [4.69, 9.17) is 21.4 Å². The van der Waals surface area contributed by atoms with Gasteiger partial charge in [-0.05, 0) is 60.0 Å². The number of hydrogen-bond donors (Lipinski definition) is 0. The maximum Gasteiger partial charge on any atom is 0.163 e. The Morgan fingerprint density at radius 1 is 0.844 bits per heavy atom. The van der Waals surface area contributed by atoms with E-state index in [-0.39, 0.29) is 0 Å². The fraction of sp³-hybridized carbons (Fsp3) is 0.111. The molecule has 0 amide bonds. The second kappa shape index (κ2) is 8.85. The van der Waals surface area contributed by atoms with Gasteiger partial charge in [0.05, 0.1) is 11.4 Å². The minimum Gasteiger partial charge on any atom is -0.489 e. The molecule has 0 spiro atoms. The van der Waals surface area contributed by atoms with Crippen LogP contribution in [0.3, 0.4) is 0 Å². The normalized spacial score (nSPS) is 11.1. The molecule has 4 nitrogen and oxygen atoms in total. The third-order valence-corrected chi connectivity index (χ3v) is 5.71. The Bertz CT molecular complexity index is 1340. The number of hydrogen-bond acceptors (Lipinski definition) is 3. The van der Waals surface area contributed by atoms with Crippen molar-refractivity contribution in [1.29, 1.82) is 0 Å². The first kappa shape index (κ1) is 20.3. The van der Waals surface area contributed by atoms with Gasteiger partial charge in [0.1, 0.15) is 12.4 Å². The summed E-state index contributed by atoms with van der Waals surface area (Å²) in [6.07, 6.45) is 2.69. The van der Waals surface area contributed by atoms with Gasteiger partial charge in [-0.2, -0.15) is 5.10 Å². The molecule has 0 saturated heterocycles. The topological polar surface area (TPSA) is 39.4 Å². The fourth-order valence-corrected chi connectivity index (χ4v) is 3.95. The molecule has 0 aliphatic rings. The van der Waals surface area contributed by atoms with Gasteiger partial charge < -0.3 is 4.74 Å². The first-order valence-electron chi connectivity index (χ1n) is 10.6. The van der Waals surface area contributed by atoms with Crippen LogP contribution in [0.2, 0.25) is 5.02 Å². The number of ether oxygens (including phenoxy) is 1. The number of benzene rings is 3. The Morgan fingerprint density at radius 3 is 2.31 bits per heavy atom. The van der Waals surface area contributed by atoms with Crippen LogP contribution in [0.25, 0.3) is 28.0 Å². The molecule has 0 aliphatic carbocycles. The average molecular weight is 440 g/mol. The molecule has 0 bridgehead atoms. The zero-order valence-electron chi connectivity index (χ0n) is 17.7. The van der Waals surface area contributed by atoms with E-state index in [2.05, 4.69) is 36.2 Å². The molecule has 0 atom stereocenters. The van der Waals surface area contributed by atoms with Crippen LogP contribution in [0.5, 0.6) is 5.75 Å². The molecular weight excluding hydrogens is 418 g/mol. The van der Waals surface area contributed by atoms with Crippen LogP contribution in [-0.4, -0.2) is 14.6 Å². The molecule has 0 radical (unpaired) electrons. The van der Waals surface area contributed by atoms with Gasteiger partial charge in [0.15, 0.2) is 5.65 Å². The van der Waals surface area contributed by atoms with Crippen molar-refractivity contribution in [2.24, 2.45) is 0 Å². The van der Waals surface area contributed by atoms with Gasteiger partial charge in [-0.3, -0.25) is 0 Å². The number of aromatic nitrogens is 3. The van der Waals surface area contributed by atoms with Gasteiger partial charge in [0.2, 0.25) is 0 Å². The van der Waals surface area contributed by atoms with Gasteiger partial charge in [-0.25, -0.2) is 9.50 Å². The Morgan fingerprint density at radius 2 is 1.59 bits per heavy atom. The lowest BCUT2D eigenvalue weighted by molar-refractivity contribution is 0.306. The lowest BCUT2D eigenvalue weighted by atomic mass is 10.0. The molecule has 0 unspecified atom stereocenters. The third-order valence-electron chi connectivity index (χ3n) is 5.46. The van der Waals surface area contributed by atoms with Gasteiger partial charge in [-0.15, -0.1) is 0 Å². The smallest absolute Gasteiger partial charge is 0.163 e. The quantitative estimate of drug-likeness (QED) is 0.290. The Balaban J connectivity index is 1.46. The first-order chi connectivity index (χ1) is 15.7. The number of rotatable bonds is 6. The van der Waals surface area contributed by atoms with Crippen molar-refractivity contribution in [3.63, 3.8) is 0 Å². The van der Waals surface area contributed by atoms with Gasteiger partial charge >= 0.3 is 0 Å². The molecule has 2 heterocycles. The second-order valence-electron chi connectivity index (χ2n) is 7.55. The van der Waals surface area contributed by atoms with E-state index in [0.717, 1.165) is 56.5 Å². The molecule has 0 N–H and O–H groups in total. The third kappa shape index (κ3) is 3.97. The van der Waals surface area contributed by atoms with Crippen LogP contribution in [0, 0.1) is 0 Å². The summed E-state index contributed by atoms with van der Waals surface area (Å²) in [6.45, 7) is 2.62. The summed E-state index contributed by atoms with van der Waals surface area (Å²) in [5.41, 5.74) is 7.27. The predicted octanol–water partition coefficient (Wildman–Crippen LogP) is 6.86. The van der Waals surface area contributed by atoms with Crippen LogP contribution in [0.1, 0.15) is 18.2 Å². The van der Waals surface area contributed by atoms with Crippen LogP contribution < -0.4 is 4.74 Å². The highest BCUT2D eigenvalue weighted by Crippen LogP contribution is 2.31. The molecule has 3 aromatic carbocycles. The Kier molecular flexibility index (Phi) is 5.61. The molecule has 5 aromatic rings. The monoisotopic (exact) mass is 439 g/mol. The van der Waals surface area contributed by atoms with E-state index in [0.29, 0.717) is 6.61 Å². The van der Waals surface area contributed by atoms with Crippen LogP contribution in [-0.2, 0) is 13.0 Å². The highest BCUT2D eigenvalue weighted by atomic mass is 35.5. The zero-order chi connectivity index (χ0) is 21.9. The molecule has 158 valence electrons. The summed E-state index contributed by atoms with van der Waals surface area (Å²) in [5, 5.41) is 5.63. The number of halogens is 1. The summed E-state index contributed by atoms with van der Waals surface area (Å²) in [4.78, 5) is 4.67. The average Bonchev–Trinajstić information content (AvgIpc) is 3.23. The van der Waals surface area contributed by atoms with Gasteiger partial charge in [-0.1, -0.05) is 61.0 Å². The fourth-order valence-electron chi connectivity index (χ4n) is 3.83. The lowest BCUT2D eigenvalue weighted by Crippen LogP contribution is -1.97. The minimum absolute atomic E-state index is 0.496. The van der Waals surface area contributed by atoms with E-state index < -0.39 is 0 Å². The molecular formula is C27H22ClN3O. The van der Waals surface area contributed by atoms with Crippen molar-refractivity contribution in [3.05, 3.63) is 107 Å². The lowest BCUT2D eigenvalue weighted by Gasteiger charge is -2.09. The molecule has 0 aliphatic heterocycles. The highest BCUT2D eigenvalue weighted by molar-refractivity contribution is 6.30. The van der Waals surface area contributed by atoms with E-state index >= 15 is 0 Å². The van der Waals surface area contributed by atoms with Crippen molar-refractivity contribution < 1.29 is 4.74 Å². The largest absolute Gasteiger partial charge is 0.489 e. The number of nitrogens with zero attached hydrogens (tertiary/aromatic N) is 3. The number of fused-ring (bicyclic) bond motifs is 1. The van der Waals surface area contributed by atoms with E-state index in [1.54, 1.807) is 0 Å². The van der Waals surface area contributed by atoms with Crippen LogP contribution in [0.4, 0.5) is 0 Å². The first-order valence-corrected chi connectivity index (χ1v) is 11.0. The molecule has 2 aromatic heterocycles. The Labute approximate surface area is 192 Å². The van der Waals surface area contributed by atoms with Gasteiger partial charge in [0.25, 0.3) is 0 Å². The van der Waals surface area contributed by atoms with E-state index in [1.807, 2.05) is 71.4 Å². The summed E-state index contributed by atoms with van der Waals surface area (Å²) in [6, 6.07) is 28.1. The second-order valence-corrected chi connectivity index (χ2v) is 7.98. The molecule has 0 fully saturated rings. The van der Waals surface area contributed by atoms with E-state index in [1.165, 1.54) is 0 Å². The highest BCUT2D eigenvalue weighted by Gasteiger charge is 2.17. The van der Waals surface area contributed by atoms with Crippen molar-refractivity contribution >= 4 is 17.2 Å². The molecule has 5 heteroatoms. The summed E-state index contributed by atoms with van der Waals surface area (Å²) in [5.74, 6) is 0.814. The zero-order valence-corrected chi connectivity index (χ0v) is 18.5. The summed E-state index contributed by atoms with van der Waals surface area (Å²) < 4.78 is 7.88. The maximum absolute atomic E-state index is 5.95. The van der Waals surface area contributed by atoms with Crippen LogP contribution in [0.15, 0.2) is 91.1 Å². The van der Waals surface area contributed by atoms with E-state index in [9.17, 15) is 0 Å². The maximum atomic E-state index is 5.95. The summed E-state index contributed by atoms with van der Waals surface area (Å²) >= 11 is 5.95. The minimum atomic E-state index is 0.496. The standard InChI is InChI=1S/C27H22ClN3O/c1-2-24-26(21-6-4-3-5-7-21)27-29-17-16-25(31(27)30-24)20-10-14-23(15-11-20)32-18-19-8-12-22(28)13-9-19/h3-17H,2,18H2,1H3. The van der Waals surface area contributed by atoms with Crippen molar-refractivity contribution in [1.82, 2.24) is 14.6 Å². The molecule has 5 rings (SSSR count). The number of aryl methyl sites for hydroxylation is 1.